The first kappa shape index (κ1) is 12.3. The third-order valence-electron chi connectivity index (χ3n) is 2.99. The first-order chi connectivity index (χ1) is 8.56. The average Bonchev–Trinajstić information content (AvgIpc) is 2.59. The van der Waals surface area contributed by atoms with Gasteiger partial charge >= 0.3 is 0 Å². The summed E-state index contributed by atoms with van der Waals surface area (Å²) >= 11 is 0. The van der Waals surface area contributed by atoms with Crippen molar-refractivity contribution in [3.05, 3.63) is 34.9 Å². The van der Waals surface area contributed by atoms with Crippen LogP contribution in [0.3, 0.4) is 0 Å². The van der Waals surface area contributed by atoms with Gasteiger partial charge in [-0.2, -0.15) is 0 Å². The fourth-order valence-electron chi connectivity index (χ4n) is 1.96. The van der Waals surface area contributed by atoms with Gasteiger partial charge in [0.25, 0.3) is 11.8 Å². The molecule has 1 heterocycles. The lowest BCUT2D eigenvalue weighted by Crippen LogP contribution is -2.30. The number of fused-ring (bicyclic) bond motifs is 1. The van der Waals surface area contributed by atoms with Crippen molar-refractivity contribution >= 4 is 17.7 Å². The lowest BCUT2D eigenvalue weighted by Gasteiger charge is -2.12. The number of primary amides is 1. The second kappa shape index (κ2) is 4.60. The molecule has 2 rings (SSSR count). The number of imide groups is 1. The number of nitrogens with two attached hydrogens (primary N) is 1. The summed E-state index contributed by atoms with van der Waals surface area (Å²) in [5.41, 5.74) is 6.02. The highest BCUT2D eigenvalue weighted by Crippen LogP contribution is 2.24. The highest BCUT2D eigenvalue weighted by molar-refractivity contribution is 6.22. The highest BCUT2D eigenvalue weighted by Gasteiger charge is 2.35. The van der Waals surface area contributed by atoms with Crippen LogP contribution in [0.1, 0.15) is 50.8 Å². The fourth-order valence-corrected chi connectivity index (χ4v) is 1.96. The number of carbonyl (C=O) groups is 3. The summed E-state index contributed by atoms with van der Waals surface area (Å²) < 4.78 is 0. The van der Waals surface area contributed by atoms with Gasteiger partial charge in [0, 0.05) is 12.1 Å². The molecule has 1 aromatic carbocycles. The molecule has 0 saturated heterocycles. The summed E-state index contributed by atoms with van der Waals surface area (Å²) in [5, 5.41) is 0. The van der Waals surface area contributed by atoms with Crippen LogP contribution in [0.25, 0.3) is 0 Å². The Morgan fingerprint density at radius 3 is 2.50 bits per heavy atom. The first-order valence-electron chi connectivity index (χ1n) is 5.86. The van der Waals surface area contributed by atoms with Crippen LogP contribution < -0.4 is 5.73 Å². The normalized spacial score (nSPS) is 13.9. The van der Waals surface area contributed by atoms with Crippen LogP contribution >= 0.6 is 0 Å². The second-order valence-corrected chi connectivity index (χ2v) is 4.24. The highest BCUT2D eigenvalue weighted by atomic mass is 16.2. The van der Waals surface area contributed by atoms with E-state index in [2.05, 4.69) is 0 Å². The van der Waals surface area contributed by atoms with Gasteiger partial charge in [0.05, 0.1) is 11.1 Å². The molecular formula is C13H14N2O3. The number of nitrogens with zero attached hydrogens (tertiary/aromatic N) is 1. The topological polar surface area (TPSA) is 80.5 Å². The molecule has 1 aliphatic heterocycles. The number of benzene rings is 1. The predicted molar refractivity (Wildman–Crippen MR) is 65.2 cm³/mol. The zero-order valence-electron chi connectivity index (χ0n) is 10.1. The Kier molecular flexibility index (Phi) is 3.14. The number of carbonyl (C=O) groups excluding carboxylic acids is 3. The molecule has 1 aromatic rings. The Bertz CT molecular complexity index is 537. The summed E-state index contributed by atoms with van der Waals surface area (Å²) in [6, 6.07) is 4.35. The lowest BCUT2D eigenvalue weighted by molar-refractivity contribution is 0.0652. The van der Waals surface area contributed by atoms with Crippen molar-refractivity contribution in [2.24, 2.45) is 5.73 Å². The van der Waals surface area contributed by atoms with Gasteiger partial charge in [-0.15, -0.1) is 0 Å². The quantitative estimate of drug-likeness (QED) is 0.810. The maximum absolute atomic E-state index is 12.0. The monoisotopic (exact) mass is 246 g/mol. The number of hydrogen-bond acceptors (Lipinski definition) is 3. The first-order valence-corrected chi connectivity index (χ1v) is 5.86. The third kappa shape index (κ3) is 1.88. The van der Waals surface area contributed by atoms with E-state index in [4.69, 9.17) is 5.73 Å². The maximum atomic E-state index is 12.0. The average molecular weight is 246 g/mol. The summed E-state index contributed by atoms with van der Waals surface area (Å²) in [7, 11) is 0. The van der Waals surface area contributed by atoms with E-state index in [-0.39, 0.29) is 22.9 Å². The zero-order chi connectivity index (χ0) is 13.3. The van der Waals surface area contributed by atoms with Crippen molar-refractivity contribution in [2.45, 2.75) is 19.8 Å². The number of hydrogen-bond donors (Lipinski definition) is 1. The van der Waals surface area contributed by atoms with Crippen molar-refractivity contribution in [2.75, 3.05) is 6.54 Å². The molecule has 0 spiro atoms. The minimum atomic E-state index is -0.606. The van der Waals surface area contributed by atoms with Crippen LogP contribution in [0.15, 0.2) is 18.2 Å². The van der Waals surface area contributed by atoms with Gasteiger partial charge in [-0.1, -0.05) is 13.3 Å². The Morgan fingerprint density at radius 1 is 1.22 bits per heavy atom. The van der Waals surface area contributed by atoms with Gasteiger partial charge in [0.15, 0.2) is 0 Å². The maximum Gasteiger partial charge on any atom is 0.261 e. The van der Waals surface area contributed by atoms with Gasteiger partial charge in [-0.25, -0.2) is 0 Å². The fraction of sp³-hybridized carbons (Fsp3) is 0.308. The van der Waals surface area contributed by atoms with Crippen LogP contribution in [0.4, 0.5) is 0 Å². The molecule has 0 aliphatic carbocycles. The molecule has 3 amide bonds. The van der Waals surface area contributed by atoms with Crippen LogP contribution in [-0.2, 0) is 0 Å². The molecule has 18 heavy (non-hydrogen) atoms. The van der Waals surface area contributed by atoms with Crippen molar-refractivity contribution in [1.82, 2.24) is 4.90 Å². The van der Waals surface area contributed by atoms with E-state index in [1.165, 1.54) is 23.1 Å². The van der Waals surface area contributed by atoms with Crippen LogP contribution in [0.2, 0.25) is 0 Å². The van der Waals surface area contributed by atoms with Crippen molar-refractivity contribution in [3.63, 3.8) is 0 Å². The van der Waals surface area contributed by atoms with Crippen LogP contribution in [0, 0.1) is 0 Å². The smallest absolute Gasteiger partial charge is 0.261 e. The molecule has 0 atom stereocenters. The van der Waals surface area contributed by atoms with Gasteiger partial charge in [0.2, 0.25) is 5.91 Å². The zero-order valence-corrected chi connectivity index (χ0v) is 10.1. The predicted octanol–water partition coefficient (Wildman–Crippen LogP) is 1.18. The van der Waals surface area contributed by atoms with Gasteiger partial charge in [-0.3, -0.25) is 19.3 Å². The van der Waals surface area contributed by atoms with E-state index in [1.807, 2.05) is 6.92 Å². The molecular weight excluding hydrogens is 232 g/mol. The van der Waals surface area contributed by atoms with E-state index in [0.717, 1.165) is 12.8 Å². The van der Waals surface area contributed by atoms with E-state index >= 15 is 0 Å². The van der Waals surface area contributed by atoms with E-state index in [9.17, 15) is 14.4 Å². The molecule has 1 aliphatic rings. The Labute approximate surface area is 105 Å². The standard InChI is InChI=1S/C13H14N2O3/c1-2-3-6-15-12(17)9-5-4-8(11(14)16)7-10(9)13(15)18/h4-5,7H,2-3,6H2,1H3,(H2,14,16). The summed E-state index contributed by atoms with van der Waals surface area (Å²) in [6.07, 6.45) is 1.67. The molecule has 0 aromatic heterocycles. The number of amides is 3. The van der Waals surface area contributed by atoms with Gasteiger partial charge < -0.3 is 5.73 Å². The van der Waals surface area contributed by atoms with Crippen LogP contribution in [0.5, 0.6) is 0 Å². The van der Waals surface area contributed by atoms with Crippen molar-refractivity contribution in [1.29, 1.82) is 0 Å². The van der Waals surface area contributed by atoms with Crippen molar-refractivity contribution in [3.8, 4) is 0 Å². The molecule has 2 N–H and O–H groups in total. The molecule has 5 nitrogen and oxygen atoms in total. The largest absolute Gasteiger partial charge is 0.366 e. The Morgan fingerprint density at radius 2 is 1.89 bits per heavy atom. The molecule has 5 heteroatoms. The summed E-state index contributed by atoms with van der Waals surface area (Å²) in [5.74, 6) is -1.24. The van der Waals surface area contributed by atoms with Crippen LogP contribution in [-0.4, -0.2) is 29.2 Å². The lowest BCUT2D eigenvalue weighted by atomic mass is 10.1. The van der Waals surface area contributed by atoms with Gasteiger partial charge in [0.1, 0.15) is 0 Å². The number of rotatable bonds is 4. The molecule has 0 bridgehead atoms. The van der Waals surface area contributed by atoms with E-state index in [1.54, 1.807) is 0 Å². The third-order valence-corrected chi connectivity index (χ3v) is 2.99. The SMILES string of the molecule is CCCCN1C(=O)c2ccc(C(N)=O)cc2C1=O. The molecule has 0 radical (unpaired) electrons. The molecule has 94 valence electrons. The number of unbranched alkanes of at least 4 members (excludes halogenated alkanes) is 1. The minimum Gasteiger partial charge on any atom is -0.366 e. The molecule has 0 saturated carbocycles. The molecule has 0 fully saturated rings. The van der Waals surface area contributed by atoms with Crippen molar-refractivity contribution < 1.29 is 14.4 Å². The Hall–Kier alpha value is -2.17. The van der Waals surface area contributed by atoms with Gasteiger partial charge in [-0.05, 0) is 24.6 Å². The summed E-state index contributed by atoms with van der Waals surface area (Å²) in [4.78, 5) is 36.3. The molecule has 0 unspecified atom stereocenters. The Balaban J connectivity index is 2.36. The van der Waals surface area contributed by atoms with E-state index < -0.39 is 5.91 Å². The second-order valence-electron chi connectivity index (χ2n) is 4.24. The van der Waals surface area contributed by atoms with E-state index in [0.29, 0.717) is 12.1 Å². The summed E-state index contributed by atoms with van der Waals surface area (Å²) in [6.45, 7) is 2.40. The minimum absolute atomic E-state index is 0.243.